The number of hydrogen-bond acceptors (Lipinski definition) is 4. The van der Waals surface area contributed by atoms with E-state index in [1.807, 2.05) is 25.1 Å². The summed E-state index contributed by atoms with van der Waals surface area (Å²) >= 11 is 6.06. The molecule has 1 atom stereocenters. The lowest BCUT2D eigenvalue weighted by atomic mass is 10.0. The van der Waals surface area contributed by atoms with Crippen molar-refractivity contribution in [1.82, 2.24) is 4.90 Å². The number of hydrogen-bond donors (Lipinski definition) is 1. The fourth-order valence-electron chi connectivity index (χ4n) is 3.88. The van der Waals surface area contributed by atoms with E-state index in [4.69, 9.17) is 21.1 Å². The van der Waals surface area contributed by atoms with Gasteiger partial charge in [0.2, 0.25) is 5.91 Å². The van der Waals surface area contributed by atoms with E-state index in [1.54, 1.807) is 6.07 Å². The molecule has 148 valence electrons. The van der Waals surface area contributed by atoms with E-state index in [-0.39, 0.29) is 11.9 Å². The lowest BCUT2D eigenvalue weighted by Gasteiger charge is -2.25. The van der Waals surface area contributed by atoms with Crippen molar-refractivity contribution in [3.63, 3.8) is 0 Å². The Bertz CT molecular complexity index is 871. The Hall–Kier alpha value is -2.24. The first-order chi connectivity index (χ1) is 13.6. The summed E-state index contributed by atoms with van der Waals surface area (Å²) < 4.78 is 11.6. The van der Waals surface area contributed by atoms with E-state index in [0.29, 0.717) is 24.8 Å². The molecular formula is C22H25ClN2O3. The van der Waals surface area contributed by atoms with Crippen molar-refractivity contribution < 1.29 is 14.3 Å². The molecule has 0 saturated carbocycles. The van der Waals surface area contributed by atoms with E-state index in [1.165, 1.54) is 5.56 Å². The van der Waals surface area contributed by atoms with Crippen LogP contribution in [0.25, 0.3) is 0 Å². The van der Waals surface area contributed by atoms with E-state index in [0.717, 1.165) is 48.6 Å². The van der Waals surface area contributed by atoms with Gasteiger partial charge in [-0.05, 0) is 61.7 Å². The second-order valence-electron chi connectivity index (χ2n) is 7.39. The molecule has 28 heavy (non-hydrogen) atoms. The molecule has 1 fully saturated rings. The van der Waals surface area contributed by atoms with Crippen LogP contribution < -0.4 is 14.8 Å². The third-order valence-corrected chi connectivity index (χ3v) is 5.58. The van der Waals surface area contributed by atoms with Gasteiger partial charge >= 0.3 is 0 Å². The lowest BCUT2D eigenvalue weighted by molar-refractivity contribution is -0.117. The average molecular weight is 401 g/mol. The molecule has 0 bridgehead atoms. The first-order valence-corrected chi connectivity index (χ1v) is 10.2. The van der Waals surface area contributed by atoms with E-state index < -0.39 is 0 Å². The molecular weight excluding hydrogens is 376 g/mol. The first kappa shape index (κ1) is 19.1. The van der Waals surface area contributed by atoms with Crippen LogP contribution in [-0.2, 0) is 4.79 Å². The van der Waals surface area contributed by atoms with E-state index in [9.17, 15) is 4.79 Å². The van der Waals surface area contributed by atoms with Crippen LogP contribution in [0.4, 0.5) is 5.69 Å². The number of nitrogens with zero attached hydrogens (tertiary/aromatic N) is 1. The van der Waals surface area contributed by atoms with Gasteiger partial charge < -0.3 is 14.8 Å². The monoisotopic (exact) mass is 400 g/mol. The van der Waals surface area contributed by atoms with Crippen molar-refractivity contribution >= 4 is 23.2 Å². The van der Waals surface area contributed by atoms with Crippen molar-refractivity contribution in [2.24, 2.45) is 0 Å². The molecule has 0 aromatic heterocycles. The molecule has 2 aromatic carbocycles. The molecule has 2 aliphatic rings. The summed E-state index contributed by atoms with van der Waals surface area (Å²) in [5.74, 6) is 1.59. The summed E-state index contributed by atoms with van der Waals surface area (Å²) in [5.41, 5.74) is 2.94. The highest BCUT2D eigenvalue weighted by Gasteiger charge is 2.28. The highest BCUT2D eigenvalue weighted by atomic mass is 35.5. The van der Waals surface area contributed by atoms with Crippen LogP contribution in [0.15, 0.2) is 36.4 Å². The largest absolute Gasteiger partial charge is 0.490 e. The number of halogens is 1. The number of nitrogens with one attached hydrogen (secondary N) is 1. The van der Waals surface area contributed by atoms with Crippen LogP contribution in [-0.4, -0.2) is 37.1 Å². The molecule has 0 unspecified atom stereocenters. The maximum atomic E-state index is 12.6. The van der Waals surface area contributed by atoms with Crippen molar-refractivity contribution in [2.75, 3.05) is 31.6 Å². The second-order valence-corrected chi connectivity index (χ2v) is 7.83. The molecule has 0 spiro atoms. The zero-order chi connectivity index (χ0) is 19.5. The van der Waals surface area contributed by atoms with Gasteiger partial charge in [0.25, 0.3) is 0 Å². The quantitative estimate of drug-likeness (QED) is 0.815. The molecule has 4 rings (SSSR count). The number of fused-ring (bicyclic) bond motifs is 1. The molecule has 5 nitrogen and oxygen atoms in total. The Morgan fingerprint density at radius 1 is 1.14 bits per heavy atom. The van der Waals surface area contributed by atoms with Gasteiger partial charge in [0.15, 0.2) is 11.5 Å². The molecule has 1 saturated heterocycles. The lowest BCUT2D eigenvalue weighted by Crippen LogP contribution is -2.33. The molecule has 1 N–H and O–H groups in total. The zero-order valence-electron chi connectivity index (χ0n) is 16.0. The number of anilines is 1. The molecule has 2 aromatic rings. The highest BCUT2D eigenvalue weighted by Crippen LogP contribution is 2.37. The average Bonchev–Trinajstić information content (AvgIpc) is 3.00. The van der Waals surface area contributed by atoms with Gasteiger partial charge in [-0.2, -0.15) is 0 Å². The summed E-state index contributed by atoms with van der Waals surface area (Å²) in [6, 6.07) is 11.9. The number of rotatable bonds is 4. The predicted molar refractivity (Wildman–Crippen MR) is 110 cm³/mol. The molecule has 2 aliphatic heterocycles. The molecule has 6 heteroatoms. The Labute approximate surface area is 170 Å². The number of ether oxygens (including phenoxy) is 2. The van der Waals surface area contributed by atoms with E-state index >= 15 is 0 Å². The Morgan fingerprint density at radius 3 is 2.82 bits per heavy atom. The maximum Gasteiger partial charge on any atom is 0.238 e. The molecule has 0 aliphatic carbocycles. The summed E-state index contributed by atoms with van der Waals surface area (Å²) in [4.78, 5) is 14.9. The minimum atomic E-state index is -0.0217. The molecule has 1 amide bonds. The highest BCUT2D eigenvalue weighted by molar-refractivity contribution is 6.31. The van der Waals surface area contributed by atoms with Crippen molar-refractivity contribution in [2.45, 2.75) is 32.2 Å². The second kappa shape index (κ2) is 8.41. The van der Waals surface area contributed by atoms with Crippen LogP contribution in [0.1, 0.15) is 36.4 Å². The summed E-state index contributed by atoms with van der Waals surface area (Å²) in [6.45, 7) is 4.58. The summed E-state index contributed by atoms with van der Waals surface area (Å²) in [5, 5.41) is 3.62. The smallest absolute Gasteiger partial charge is 0.238 e. The maximum absolute atomic E-state index is 12.6. The summed E-state index contributed by atoms with van der Waals surface area (Å²) in [7, 11) is 0. The van der Waals surface area contributed by atoms with Crippen LogP contribution in [0.2, 0.25) is 5.02 Å². The van der Waals surface area contributed by atoms with Gasteiger partial charge in [0, 0.05) is 23.2 Å². The standard InChI is InChI=1S/C22H25ClN2O3/c1-15-5-7-17(23)13-18(15)24-22(26)14-25-9-2-4-19(25)16-6-8-20-21(12-16)28-11-3-10-27-20/h5-8,12-13,19H,2-4,9-11,14H2,1H3,(H,24,26)/t19-/m0/s1. The minimum absolute atomic E-state index is 0.0217. The number of likely N-dealkylation sites (tertiary alicyclic amines) is 1. The molecule has 2 heterocycles. The van der Waals surface area contributed by atoms with Gasteiger partial charge in [-0.1, -0.05) is 23.7 Å². The van der Waals surface area contributed by atoms with Crippen molar-refractivity contribution in [3.8, 4) is 11.5 Å². The first-order valence-electron chi connectivity index (χ1n) is 9.80. The third kappa shape index (κ3) is 4.26. The number of aryl methyl sites for hydroxylation is 1. The fraction of sp³-hybridized carbons (Fsp3) is 0.409. The Morgan fingerprint density at radius 2 is 1.96 bits per heavy atom. The van der Waals surface area contributed by atoms with Crippen LogP contribution in [0.5, 0.6) is 11.5 Å². The summed E-state index contributed by atoms with van der Waals surface area (Å²) in [6.07, 6.45) is 2.99. The van der Waals surface area contributed by atoms with Gasteiger partial charge in [0.05, 0.1) is 19.8 Å². The SMILES string of the molecule is Cc1ccc(Cl)cc1NC(=O)CN1CCC[C@H]1c1ccc2c(c1)OCCCO2. The van der Waals surface area contributed by atoms with Crippen molar-refractivity contribution in [1.29, 1.82) is 0 Å². The normalized spacial score (nSPS) is 19.3. The number of carbonyl (C=O) groups excluding carboxylic acids is 1. The van der Waals surface area contributed by atoms with E-state index in [2.05, 4.69) is 22.3 Å². The number of carbonyl (C=O) groups is 1. The predicted octanol–water partition coefficient (Wildman–Crippen LogP) is 4.59. The van der Waals surface area contributed by atoms with Crippen LogP contribution >= 0.6 is 11.6 Å². The Balaban J connectivity index is 1.45. The van der Waals surface area contributed by atoms with Crippen LogP contribution in [0, 0.1) is 6.92 Å². The van der Waals surface area contributed by atoms with Crippen molar-refractivity contribution in [3.05, 3.63) is 52.5 Å². The number of amides is 1. The zero-order valence-corrected chi connectivity index (χ0v) is 16.8. The van der Waals surface area contributed by atoms with Gasteiger partial charge in [-0.3, -0.25) is 9.69 Å². The Kier molecular flexibility index (Phi) is 5.74. The van der Waals surface area contributed by atoms with Gasteiger partial charge in [-0.15, -0.1) is 0 Å². The molecule has 0 radical (unpaired) electrons. The minimum Gasteiger partial charge on any atom is -0.490 e. The van der Waals surface area contributed by atoms with Gasteiger partial charge in [-0.25, -0.2) is 0 Å². The van der Waals surface area contributed by atoms with Gasteiger partial charge in [0.1, 0.15) is 0 Å². The topological polar surface area (TPSA) is 50.8 Å². The third-order valence-electron chi connectivity index (χ3n) is 5.34. The number of benzene rings is 2. The van der Waals surface area contributed by atoms with Crippen LogP contribution in [0.3, 0.4) is 0 Å². The fourth-order valence-corrected chi connectivity index (χ4v) is 4.06.